The third-order valence-electron chi connectivity index (χ3n) is 8.07. The molecule has 0 spiro atoms. The third kappa shape index (κ3) is 5.82. The first-order valence-electron chi connectivity index (χ1n) is 14.6. The molecule has 1 fully saturated rings. The molecule has 1 aromatic carbocycles. The van der Waals surface area contributed by atoms with Gasteiger partial charge in [0, 0.05) is 36.7 Å². The number of carbonyl (C=O) groups is 1. The number of allylic oxidation sites excluding steroid dienone is 2. The van der Waals surface area contributed by atoms with Crippen LogP contribution in [0.3, 0.4) is 0 Å². The highest BCUT2D eigenvalue weighted by molar-refractivity contribution is 6.05. The number of hydrogen-bond donors (Lipinski definition) is 2. The molecule has 3 aromatic rings. The molecule has 1 aliphatic carbocycles. The second kappa shape index (κ2) is 11.7. The van der Waals surface area contributed by atoms with Gasteiger partial charge in [0.05, 0.1) is 5.69 Å². The largest absolute Gasteiger partial charge is 0.461 e. The Morgan fingerprint density at radius 2 is 1.93 bits per heavy atom. The summed E-state index contributed by atoms with van der Waals surface area (Å²) < 4.78 is 10.5. The highest BCUT2D eigenvalue weighted by Crippen LogP contribution is 2.26. The van der Waals surface area contributed by atoms with Crippen LogP contribution in [0.15, 0.2) is 72.6 Å². The van der Waals surface area contributed by atoms with E-state index in [1.807, 2.05) is 12.3 Å². The molecule has 0 unspecified atom stereocenters. The molecule has 4 heterocycles. The summed E-state index contributed by atoms with van der Waals surface area (Å²) in [5.74, 6) is 0.322. The summed E-state index contributed by atoms with van der Waals surface area (Å²) in [6, 6.07) is 16.8. The monoisotopic (exact) mass is 535 g/mol. The standard InChI is InChI=1S/C34H38N4O2/c1-24(2)20-32(34(39)40-30-6-3-4-7-30)36-22-26-11-9-25(10-12-26)13-14-27-15-16-28-21-29-17-18-33(31-8-5-19-35-31)38(29)23-37(27)28/h5,8-19,21,24,30,32,36H,3-4,6-7,20,22-23H2,1-2H3/p+1/b14-13+/t32-/m0/s1. The van der Waals surface area contributed by atoms with Gasteiger partial charge in [-0.15, -0.1) is 0 Å². The second-order valence-corrected chi connectivity index (χ2v) is 11.5. The van der Waals surface area contributed by atoms with Crippen molar-refractivity contribution in [1.29, 1.82) is 0 Å². The van der Waals surface area contributed by atoms with E-state index in [2.05, 4.69) is 106 Å². The number of esters is 1. The van der Waals surface area contributed by atoms with E-state index in [1.165, 1.54) is 22.8 Å². The Hall–Kier alpha value is -3.90. The van der Waals surface area contributed by atoms with Gasteiger partial charge in [-0.1, -0.05) is 44.2 Å². The normalized spacial score (nSPS) is 17.5. The van der Waals surface area contributed by atoms with Crippen LogP contribution in [0.5, 0.6) is 0 Å². The molecule has 206 valence electrons. The predicted octanol–water partition coefficient (Wildman–Crippen LogP) is 6.36. The van der Waals surface area contributed by atoms with Gasteiger partial charge in [0.2, 0.25) is 18.1 Å². The summed E-state index contributed by atoms with van der Waals surface area (Å²) in [6.07, 6.45) is 18.1. The number of hydrogen-bond acceptors (Lipinski definition) is 3. The highest BCUT2D eigenvalue weighted by Gasteiger charge is 2.30. The molecule has 2 aliphatic heterocycles. The lowest BCUT2D eigenvalue weighted by Crippen LogP contribution is -2.40. The number of aromatic amines is 1. The SMILES string of the molecule is CC(C)C[C@H](NCc1ccc(/C=C/c2ccc3n2C[N+]2=C(c4ccc[nH]4)C=CC2=C3)cc1)C(=O)OC1CCCC1. The van der Waals surface area contributed by atoms with Gasteiger partial charge in [-0.25, -0.2) is 0 Å². The number of nitrogens with one attached hydrogen (secondary N) is 2. The number of nitrogens with zero attached hydrogens (tertiary/aromatic N) is 2. The van der Waals surface area contributed by atoms with E-state index in [0.29, 0.717) is 12.5 Å². The zero-order valence-electron chi connectivity index (χ0n) is 23.5. The van der Waals surface area contributed by atoms with Crippen LogP contribution < -0.4 is 5.32 Å². The molecule has 1 saturated carbocycles. The summed E-state index contributed by atoms with van der Waals surface area (Å²) in [7, 11) is 0. The summed E-state index contributed by atoms with van der Waals surface area (Å²) in [4.78, 5) is 16.2. The van der Waals surface area contributed by atoms with Crippen LogP contribution in [0.2, 0.25) is 0 Å². The van der Waals surface area contributed by atoms with Gasteiger partial charge < -0.3 is 15.0 Å². The molecule has 6 rings (SSSR count). The fourth-order valence-corrected chi connectivity index (χ4v) is 5.88. The van der Waals surface area contributed by atoms with E-state index >= 15 is 0 Å². The molecule has 2 aromatic heterocycles. The molecular weight excluding hydrogens is 496 g/mol. The summed E-state index contributed by atoms with van der Waals surface area (Å²) >= 11 is 0. The Bertz CT molecular complexity index is 1460. The number of benzene rings is 1. The molecule has 1 atom stereocenters. The van der Waals surface area contributed by atoms with E-state index in [1.54, 1.807) is 0 Å². The average molecular weight is 536 g/mol. The zero-order chi connectivity index (χ0) is 27.5. The first-order valence-corrected chi connectivity index (χ1v) is 14.6. The van der Waals surface area contributed by atoms with Gasteiger partial charge in [-0.3, -0.25) is 9.36 Å². The number of carbonyl (C=O) groups excluding carboxylic acids is 1. The van der Waals surface area contributed by atoms with Crippen LogP contribution in [0.1, 0.15) is 74.2 Å². The predicted molar refractivity (Wildman–Crippen MR) is 161 cm³/mol. The average Bonchev–Trinajstić information content (AvgIpc) is 3.76. The van der Waals surface area contributed by atoms with Crippen LogP contribution >= 0.6 is 0 Å². The topological polar surface area (TPSA) is 62.1 Å². The summed E-state index contributed by atoms with van der Waals surface area (Å²) in [6.45, 7) is 5.72. The van der Waals surface area contributed by atoms with E-state index in [-0.39, 0.29) is 18.1 Å². The first kappa shape index (κ1) is 26.3. The number of rotatable bonds is 10. The Kier molecular flexibility index (Phi) is 7.69. The minimum atomic E-state index is -0.268. The fourth-order valence-electron chi connectivity index (χ4n) is 5.88. The van der Waals surface area contributed by atoms with Crippen LogP contribution in [0.25, 0.3) is 18.2 Å². The molecule has 6 nitrogen and oxygen atoms in total. The minimum absolute atomic E-state index is 0.0972. The van der Waals surface area contributed by atoms with Crippen molar-refractivity contribution in [3.63, 3.8) is 0 Å². The molecule has 0 bridgehead atoms. The maximum absolute atomic E-state index is 12.8. The summed E-state index contributed by atoms with van der Waals surface area (Å²) in [5, 5.41) is 3.47. The van der Waals surface area contributed by atoms with E-state index in [9.17, 15) is 4.79 Å². The van der Waals surface area contributed by atoms with Crippen molar-refractivity contribution in [3.05, 3.63) is 101 Å². The lowest BCUT2D eigenvalue weighted by Gasteiger charge is -2.22. The minimum Gasteiger partial charge on any atom is -0.461 e. The Balaban J connectivity index is 1.09. The van der Waals surface area contributed by atoms with Crippen LogP contribution in [0, 0.1) is 5.92 Å². The molecule has 0 saturated heterocycles. The van der Waals surface area contributed by atoms with Crippen molar-refractivity contribution in [1.82, 2.24) is 14.9 Å². The number of H-pyrrole nitrogens is 1. The van der Waals surface area contributed by atoms with Crippen molar-refractivity contribution in [2.24, 2.45) is 5.92 Å². The van der Waals surface area contributed by atoms with Crippen molar-refractivity contribution in [2.45, 2.75) is 71.3 Å². The lowest BCUT2D eigenvalue weighted by molar-refractivity contribution is -0.503. The van der Waals surface area contributed by atoms with Crippen LogP contribution in [-0.4, -0.2) is 38.0 Å². The summed E-state index contributed by atoms with van der Waals surface area (Å²) in [5.41, 5.74) is 8.23. The quantitative estimate of drug-likeness (QED) is 0.235. The smallest absolute Gasteiger partial charge is 0.323 e. The highest BCUT2D eigenvalue weighted by atomic mass is 16.5. The van der Waals surface area contributed by atoms with Gasteiger partial charge in [0.15, 0.2) is 0 Å². The maximum Gasteiger partial charge on any atom is 0.323 e. The molecule has 0 radical (unpaired) electrons. The van der Waals surface area contributed by atoms with Crippen molar-refractivity contribution in [2.75, 3.05) is 0 Å². The van der Waals surface area contributed by atoms with Gasteiger partial charge in [-0.2, -0.15) is 4.58 Å². The van der Waals surface area contributed by atoms with Gasteiger partial charge in [0.1, 0.15) is 17.8 Å². The molecule has 0 amide bonds. The van der Waals surface area contributed by atoms with Gasteiger partial charge in [-0.05, 0) is 79.5 Å². The third-order valence-corrected chi connectivity index (χ3v) is 8.07. The molecule has 3 aliphatic rings. The van der Waals surface area contributed by atoms with Crippen LogP contribution in [0.4, 0.5) is 0 Å². The van der Waals surface area contributed by atoms with E-state index < -0.39 is 0 Å². The van der Waals surface area contributed by atoms with Crippen molar-refractivity contribution in [3.8, 4) is 0 Å². The zero-order valence-corrected chi connectivity index (χ0v) is 23.5. The van der Waals surface area contributed by atoms with Crippen LogP contribution in [-0.2, 0) is 22.7 Å². The lowest BCUT2D eigenvalue weighted by atomic mass is 10.0. The Morgan fingerprint density at radius 3 is 2.67 bits per heavy atom. The molecule has 40 heavy (non-hydrogen) atoms. The molecule has 2 N–H and O–H groups in total. The van der Waals surface area contributed by atoms with Crippen molar-refractivity contribution >= 4 is 29.9 Å². The van der Waals surface area contributed by atoms with Gasteiger partial charge in [0.25, 0.3) is 0 Å². The molecular formula is C34H39N4O2+. The second-order valence-electron chi connectivity index (χ2n) is 11.5. The molecule has 6 heteroatoms. The number of ether oxygens (including phenoxy) is 1. The number of fused-ring (bicyclic) bond motifs is 2. The fraction of sp³-hybridized carbons (Fsp3) is 0.353. The van der Waals surface area contributed by atoms with Crippen molar-refractivity contribution < 1.29 is 14.1 Å². The Morgan fingerprint density at radius 1 is 1.10 bits per heavy atom. The number of aromatic nitrogens is 2. The van der Waals surface area contributed by atoms with E-state index in [0.717, 1.165) is 55.6 Å². The van der Waals surface area contributed by atoms with E-state index in [4.69, 9.17) is 4.74 Å². The first-order chi connectivity index (χ1) is 19.5. The maximum atomic E-state index is 12.8. The van der Waals surface area contributed by atoms with Gasteiger partial charge >= 0.3 is 5.97 Å². The Labute approximate surface area is 236 Å².